The summed E-state index contributed by atoms with van der Waals surface area (Å²) in [6.07, 6.45) is -1.82. The molecule has 1 heterocycles. The maximum absolute atomic E-state index is 12.9. The number of ether oxygens (including phenoxy) is 3. The third-order valence-corrected chi connectivity index (χ3v) is 6.21. The summed E-state index contributed by atoms with van der Waals surface area (Å²) in [5.41, 5.74) is 1.86. The Labute approximate surface area is 231 Å². The summed E-state index contributed by atoms with van der Waals surface area (Å²) in [6, 6.07) is 22.0. The number of oxazole rings is 1. The van der Waals surface area contributed by atoms with E-state index in [2.05, 4.69) is 4.98 Å². The zero-order chi connectivity index (χ0) is 28.6. The van der Waals surface area contributed by atoms with Gasteiger partial charge in [-0.05, 0) is 67.9 Å². The van der Waals surface area contributed by atoms with Gasteiger partial charge in [-0.2, -0.15) is 0 Å². The van der Waals surface area contributed by atoms with Gasteiger partial charge in [-0.3, -0.25) is 9.69 Å². The van der Waals surface area contributed by atoms with Crippen LogP contribution in [0, 0.1) is 6.92 Å². The molecule has 10 nitrogen and oxygen atoms in total. The number of hydrogen-bond acceptors (Lipinski definition) is 8. The van der Waals surface area contributed by atoms with Gasteiger partial charge in [0.2, 0.25) is 5.89 Å². The first-order valence-electron chi connectivity index (χ1n) is 12.5. The van der Waals surface area contributed by atoms with Gasteiger partial charge in [-0.15, -0.1) is 0 Å². The minimum atomic E-state index is -1.17. The van der Waals surface area contributed by atoms with Gasteiger partial charge >= 0.3 is 12.1 Å². The summed E-state index contributed by atoms with van der Waals surface area (Å²) < 4.78 is 22.0. The average molecular weight is 547 g/mol. The molecule has 0 aliphatic rings. The van der Waals surface area contributed by atoms with Gasteiger partial charge in [0, 0.05) is 5.56 Å². The van der Waals surface area contributed by atoms with Crippen LogP contribution in [0.4, 0.5) is 4.79 Å². The van der Waals surface area contributed by atoms with Crippen molar-refractivity contribution in [3.8, 4) is 28.7 Å². The number of methoxy groups -OCH3 is 1. The van der Waals surface area contributed by atoms with Gasteiger partial charge in [-0.1, -0.05) is 30.3 Å². The van der Waals surface area contributed by atoms with Crippen LogP contribution in [-0.2, 0) is 4.79 Å². The van der Waals surface area contributed by atoms with Crippen molar-refractivity contribution < 1.29 is 38.4 Å². The van der Waals surface area contributed by atoms with Gasteiger partial charge in [0.25, 0.3) is 0 Å². The van der Waals surface area contributed by atoms with Crippen molar-refractivity contribution in [3.63, 3.8) is 0 Å². The Morgan fingerprint density at radius 2 is 1.57 bits per heavy atom. The fourth-order valence-corrected chi connectivity index (χ4v) is 4.01. The van der Waals surface area contributed by atoms with E-state index in [0.29, 0.717) is 34.4 Å². The van der Waals surface area contributed by atoms with Gasteiger partial charge in [-0.25, -0.2) is 9.78 Å². The number of nitrogens with zero attached hydrogens (tertiary/aromatic N) is 2. The number of aromatic nitrogens is 1. The molecule has 1 aromatic heterocycles. The monoisotopic (exact) mass is 546 g/mol. The van der Waals surface area contributed by atoms with Gasteiger partial charge in [0.1, 0.15) is 48.0 Å². The maximum atomic E-state index is 12.9. The molecule has 0 saturated heterocycles. The fourth-order valence-electron chi connectivity index (χ4n) is 4.01. The largest absolute Gasteiger partial charge is 0.497 e. The lowest BCUT2D eigenvalue weighted by Crippen LogP contribution is -2.39. The summed E-state index contributed by atoms with van der Waals surface area (Å²) in [5.74, 6) is 1.07. The number of carbonyl (C=O) groups is 2. The van der Waals surface area contributed by atoms with E-state index < -0.39 is 30.8 Å². The molecule has 0 aliphatic carbocycles. The average Bonchev–Trinajstić information content (AvgIpc) is 3.37. The van der Waals surface area contributed by atoms with Crippen LogP contribution >= 0.6 is 0 Å². The van der Waals surface area contributed by atoms with E-state index in [0.717, 1.165) is 10.5 Å². The Morgan fingerprint density at radius 3 is 2.20 bits per heavy atom. The number of aliphatic hydroxyl groups is 1. The molecule has 0 saturated carbocycles. The second-order valence-corrected chi connectivity index (χ2v) is 8.96. The molecule has 1 amide bonds. The van der Waals surface area contributed by atoms with Crippen molar-refractivity contribution in [1.82, 2.24) is 9.88 Å². The number of benzene rings is 3. The third-order valence-electron chi connectivity index (χ3n) is 6.21. The summed E-state index contributed by atoms with van der Waals surface area (Å²) in [6.45, 7) is 2.82. The highest BCUT2D eigenvalue weighted by Gasteiger charge is 2.26. The highest BCUT2D eigenvalue weighted by molar-refractivity contribution is 5.78. The number of rotatable bonds is 11. The second kappa shape index (κ2) is 12.8. The van der Waals surface area contributed by atoms with Crippen molar-refractivity contribution in [2.45, 2.75) is 26.0 Å². The van der Waals surface area contributed by atoms with Crippen LogP contribution in [0.25, 0.3) is 11.5 Å². The van der Waals surface area contributed by atoms with E-state index >= 15 is 0 Å². The van der Waals surface area contributed by atoms with Crippen molar-refractivity contribution in [3.05, 3.63) is 95.9 Å². The van der Waals surface area contributed by atoms with Crippen LogP contribution in [-0.4, -0.2) is 52.4 Å². The zero-order valence-corrected chi connectivity index (χ0v) is 22.3. The quantitative estimate of drug-likeness (QED) is 0.253. The summed E-state index contributed by atoms with van der Waals surface area (Å²) in [7, 11) is 1.52. The first-order chi connectivity index (χ1) is 19.2. The molecule has 0 spiro atoms. The molecule has 0 fully saturated rings. The lowest BCUT2D eigenvalue weighted by molar-refractivity contribution is -0.138. The fraction of sp³-hybridized carbons (Fsp3) is 0.233. The number of aliphatic hydroxyl groups excluding tert-OH is 1. The topological polar surface area (TPSA) is 132 Å². The first kappa shape index (κ1) is 28.2. The van der Waals surface area contributed by atoms with Gasteiger partial charge < -0.3 is 28.8 Å². The molecule has 10 heteroatoms. The number of carbonyl (C=O) groups excluding carboxylic acids is 1. The van der Waals surface area contributed by atoms with E-state index in [9.17, 15) is 19.8 Å². The lowest BCUT2D eigenvalue weighted by atomic mass is 10.1. The van der Waals surface area contributed by atoms with E-state index in [4.69, 9.17) is 18.6 Å². The summed E-state index contributed by atoms with van der Waals surface area (Å²) >= 11 is 0. The Balaban J connectivity index is 1.39. The normalized spacial score (nSPS) is 12.3. The van der Waals surface area contributed by atoms with E-state index in [1.54, 1.807) is 62.4 Å². The molecule has 3 aromatic carbocycles. The van der Waals surface area contributed by atoms with Crippen molar-refractivity contribution in [2.75, 3.05) is 20.3 Å². The predicted molar refractivity (Wildman–Crippen MR) is 145 cm³/mol. The number of aliphatic carboxylic acids is 1. The second-order valence-electron chi connectivity index (χ2n) is 8.96. The van der Waals surface area contributed by atoms with Crippen LogP contribution in [0.15, 0.2) is 83.3 Å². The molecule has 4 rings (SSSR count). The molecular formula is C30H30N2O8. The third kappa shape index (κ3) is 6.97. The molecule has 0 radical (unpaired) electrons. The Bertz CT molecular complexity index is 1420. The Morgan fingerprint density at radius 1 is 0.950 bits per heavy atom. The molecular weight excluding hydrogens is 516 g/mol. The zero-order valence-electron chi connectivity index (χ0n) is 22.3. The molecule has 4 aromatic rings. The van der Waals surface area contributed by atoms with E-state index in [1.165, 1.54) is 7.11 Å². The predicted octanol–water partition coefficient (Wildman–Crippen LogP) is 5.42. The number of hydrogen-bond donors (Lipinski definition) is 2. The van der Waals surface area contributed by atoms with Crippen LogP contribution in [0.5, 0.6) is 17.2 Å². The van der Waals surface area contributed by atoms with Crippen molar-refractivity contribution in [1.29, 1.82) is 0 Å². The van der Waals surface area contributed by atoms with Crippen LogP contribution in [0.3, 0.4) is 0 Å². The molecule has 40 heavy (non-hydrogen) atoms. The van der Waals surface area contributed by atoms with Crippen LogP contribution in [0.1, 0.15) is 36.1 Å². The lowest BCUT2D eigenvalue weighted by Gasteiger charge is -2.27. The van der Waals surface area contributed by atoms with E-state index in [-0.39, 0.29) is 12.4 Å². The van der Waals surface area contributed by atoms with E-state index in [1.807, 2.05) is 30.3 Å². The molecule has 0 bridgehead atoms. The van der Waals surface area contributed by atoms with Crippen molar-refractivity contribution >= 4 is 12.1 Å². The van der Waals surface area contributed by atoms with Crippen LogP contribution < -0.4 is 14.2 Å². The Kier molecular flexibility index (Phi) is 9.03. The molecule has 2 atom stereocenters. The molecule has 0 aliphatic heterocycles. The molecule has 208 valence electrons. The minimum absolute atomic E-state index is 0.0597. The van der Waals surface area contributed by atoms with Crippen LogP contribution in [0.2, 0.25) is 0 Å². The number of carboxylic acids is 1. The summed E-state index contributed by atoms with van der Waals surface area (Å²) in [4.78, 5) is 29.9. The number of aryl methyl sites for hydroxylation is 1. The SMILES string of the molecule is COc1ccc(OC(=O)N(CC(=O)O)[C@@H](C)c2ccc(OCC(O)c3nc(-c4ccccc4)oc3C)cc2)cc1. The standard InChI is InChI=1S/C30H30N2O8/c1-19(32(17-27(34)35)30(36)40-25-15-13-23(37-3)14-16-25)21-9-11-24(12-10-21)38-18-26(33)28-20(2)39-29(31-28)22-7-5-4-6-8-22/h4-16,19,26,33H,17-18H2,1-3H3,(H,34,35)/t19-,26?/m0/s1. The first-order valence-corrected chi connectivity index (χ1v) is 12.5. The van der Waals surface area contributed by atoms with Gasteiger partial charge in [0.15, 0.2) is 0 Å². The van der Waals surface area contributed by atoms with Crippen molar-refractivity contribution in [2.24, 2.45) is 0 Å². The maximum Gasteiger partial charge on any atom is 0.416 e. The van der Waals surface area contributed by atoms with Gasteiger partial charge in [0.05, 0.1) is 13.2 Å². The summed E-state index contributed by atoms with van der Waals surface area (Å²) in [5, 5.41) is 20.1. The number of carboxylic acid groups (broad SMARTS) is 1. The Hall–Kier alpha value is -4.83. The minimum Gasteiger partial charge on any atom is -0.497 e. The molecule has 1 unspecified atom stereocenters. The number of amides is 1. The highest BCUT2D eigenvalue weighted by atomic mass is 16.6. The molecule has 2 N–H and O–H groups in total. The highest BCUT2D eigenvalue weighted by Crippen LogP contribution is 2.28. The smallest absolute Gasteiger partial charge is 0.416 e.